The molecule has 4 rings (SSSR count). The maximum Gasteiger partial charge on any atom is 0.222 e. The molecule has 2 aliphatic rings. The van der Waals surface area contributed by atoms with Crippen LogP contribution in [0.1, 0.15) is 49.3 Å². The van der Waals surface area contributed by atoms with E-state index in [4.69, 9.17) is 0 Å². The molecule has 1 spiro atoms. The Morgan fingerprint density at radius 2 is 1.64 bits per heavy atom. The molecular weight excluding hydrogens is 344 g/mol. The van der Waals surface area contributed by atoms with Crippen molar-refractivity contribution in [2.75, 3.05) is 19.6 Å². The van der Waals surface area contributed by atoms with Crippen LogP contribution < -0.4 is 0 Å². The van der Waals surface area contributed by atoms with E-state index in [1.807, 2.05) is 0 Å². The minimum atomic E-state index is 0.225. The fraction of sp³-hybridized carbons (Fsp3) is 0.480. The van der Waals surface area contributed by atoms with Gasteiger partial charge in [-0.05, 0) is 60.9 Å². The van der Waals surface area contributed by atoms with Crippen molar-refractivity contribution in [3.63, 3.8) is 0 Å². The molecule has 0 radical (unpaired) electrons. The van der Waals surface area contributed by atoms with Gasteiger partial charge in [-0.2, -0.15) is 0 Å². The molecule has 2 heterocycles. The molecule has 0 atom stereocenters. The van der Waals surface area contributed by atoms with Crippen LogP contribution in [0.15, 0.2) is 54.6 Å². The molecule has 2 aromatic carbocycles. The van der Waals surface area contributed by atoms with E-state index < -0.39 is 0 Å². The molecule has 28 heavy (non-hydrogen) atoms. The van der Waals surface area contributed by atoms with Crippen molar-refractivity contribution in [3.8, 4) is 0 Å². The maximum atomic E-state index is 12.8. The van der Waals surface area contributed by atoms with Crippen LogP contribution in [0.5, 0.6) is 0 Å². The number of nitrogens with zero attached hydrogens (tertiary/aromatic N) is 2. The van der Waals surface area contributed by atoms with Gasteiger partial charge in [-0.15, -0.1) is 0 Å². The Labute approximate surface area is 169 Å². The van der Waals surface area contributed by atoms with Crippen molar-refractivity contribution < 1.29 is 4.79 Å². The Bertz CT molecular complexity index is 793. The molecule has 0 bridgehead atoms. The number of hydrogen-bond acceptors (Lipinski definition) is 2. The third-order valence-electron chi connectivity index (χ3n) is 6.55. The smallest absolute Gasteiger partial charge is 0.222 e. The van der Waals surface area contributed by atoms with Gasteiger partial charge in [0.15, 0.2) is 0 Å². The van der Waals surface area contributed by atoms with Crippen molar-refractivity contribution in [2.45, 2.75) is 52.1 Å². The average Bonchev–Trinajstić information content (AvgIpc) is 2.88. The molecule has 2 aromatic rings. The first-order valence-corrected chi connectivity index (χ1v) is 10.8. The van der Waals surface area contributed by atoms with E-state index in [1.165, 1.54) is 29.5 Å². The van der Waals surface area contributed by atoms with E-state index >= 15 is 0 Å². The van der Waals surface area contributed by atoms with Gasteiger partial charge in [-0.3, -0.25) is 9.69 Å². The second-order valence-electron chi connectivity index (χ2n) is 8.71. The summed E-state index contributed by atoms with van der Waals surface area (Å²) in [6.07, 6.45) is 5.04. The highest BCUT2D eigenvalue weighted by molar-refractivity contribution is 5.76. The number of benzene rings is 2. The Balaban J connectivity index is 1.50. The number of carbonyl (C=O) groups is 1. The third kappa shape index (κ3) is 4.30. The molecule has 148 valence electrons. The molecular formula is C25H32N2O. The summed E-state index contributed by atoms with van der Waals surface area (Å²) < 4.78 is 0. The number of fused-ring (bicyclic) bond motifs is 1. The summed E-state index contributed by atoms with van der Waals surface area (Å²) >= 11 is 0. The third-order valence-corrected chi connectivity index (χ3v) is 6.55. The summed E-state index contributed by atoms with van der Waals surface area (Å²) in [5.41, 5.74) is 4.41. The molecule has 1 amide bonds. The lowest BCUT2D eigenvalue weighted by Crippen LogP contribution is -2.47. The van der Waals surface area contributed by atoms with Crippen LogP contribution in [0.25, 0.3) is 0 Å². The van der Waals surface area contributed by atoms with Crippen molar-refractivity contribution in [3.05, 3.63) is 71.3 Å². The lowest BCUT2D eigenvalue weighted by atomic mass is 9.73. The SMILES string of the molecule is CCCC(=O)N1Cc2ccccc2CC2(CCN(Cc3ccccc3)CC2)C1. The summed E-state index contributed by atoms with van der Waals surface area (Å²) in [5.74, 6) is 0.324. The predicted octanol–water partition coefficient (Wildman–Crippen LogP) is 4.65. The zero-order valence-corrected chi connectivity index (χ0v) is 17.1. The van der Waals surface area contributed by atoms with E-state index in [2.05, 4.69) is 71.3 Å². The molecule has 0 N–H and O–H groups in total. The molecule has 1 fully saturated rings. The zero-order valence-electron chi connectivity index (χ0n) is 17.1. The minimum Gasteiger partial charge on any atom is -0.338 e. The summed E-state index contributed by atoms with van der Waals surface area (Å²) in [7, 11) is 0. The van der Waals surface area contributed by atoms with Gasteiger partial charge in [-0.1, -0.05) is 61.5 Å². The van der Waals surface area contributed by atoms with Crippen LogP contribution in [0.2, 0.25) is 0 Å². The number of amides is 1. The van der Waals surface area contributed by atoms with Gasteiger partial charge in [-0.25, -0.2) is 0 Å². The van der Waals surface area contributed by atoms with E-state index in [0.717, 1.165) is 45.6 Å². The second kappa shape index (κ2) is 8.48. The maximum absolute atomic E-state index is 12.8. The second-order valence-corrected chi connectivity index (χ2v) is 8.71. The molecule has 2 aliphatic heterocycles. The monoisotopic (exact) mass is 376 g/mol. The molecule has 0 saturated carbocycles. The largest absolute Gasteiger partial charge is 0.338 e. The average molecular weight is 377 g/mol. The van der Waals surface area contributed by atoms with Gasteiger partial charge in [0.05, 0.1) is 0 Å². The fourth-order valence-electron chi connectivity index (χ4n) is 4.92. The molecule has 3 heteroatoms. The van der Waals surface area contributed by atoms with Crippen molar-refractivity contribution in [2.24, 2.45) is 5.41 Å². The zero-order chi connectivity index (χ0) is 19.4. The number of rotatable bonds is 4. The Morgan fingerprint density at radius 3 is 2.36 bits per heavy atom. The Kier molecular flexibility index (Phi) is 5.82. The van der Waals surface area contributed by atoms with Gasteiger partial charge < -0.3 is 4.90 Å². The fourth-order valence-corrected chi connectivity index (χ4v) is 4.92. The number of likely N-dealkylation sites (tertiary alicyclic amines) is 1. The van der Waals surface area contributed by atoms with Gasteiger partial charge in [0.2, 0.25) is 5.91 Å². The molecule has 1 saturated heterocycles. The summed E-state index contributed by atoms with van der Waals surface area (Å²) in [4.78, 5) is 17.5. The van der Waals surface area contributed by atoms with Crippen LogP contribution in [0.3, 0.4) is 0 Å². The molecule has 3 nitrogen and oxygen atoms in total. The molecule has 0 aromatic heterocycles. The Morgan fingerprint density at radius 1 is 0.964 bits per heavy atom. The quantitative estimate of drug-likeness (QED) is 0.775. The van der Waals surface area contributed by atoms with Crippen LogP contribution in [0, 0.1) is 5.41 Å². The van der Waals surface area contributed by atoms with Gasteiger partial charge >= 0.3 is 0 Å². The highest BCUT2D eigenvalue weighted by Crippen LogP contribution is 2.40. The predicted molar refractivity (Wildman–Crippen MR) is 114 cm³/mol. The molecule has 0 unspecified atom stereocenters. The van der Waals surface area contributed by atoms with Gasteiger partial charge in [0.25, 0.3) is 0 Å². The summed E-state index contributed by atoms with van der Waals surface area (Å²) in [6.45, 7) is 7.07. The highest BCUT2D eigenvalue weighted by atomic mass is 16.2. The first kappa shape index (κ1) is 19.2. The van der Waals surface area contributed by atoms with Crippen LogP contribution >= 0.6 is 0 Å². The van der Waals surface area contributed by atoms with E-state index in [1.54, 1.807) is 0 Å². The number of hydrogen-bond donors (Lipinski definition) is 0. The van der Waals surface area contributed by atoms with Crippen molar-refractivity contribution in [1.82, 2.24) is 9.80 Å². The van der Waals surface area contributed by atoms with E-state index in [-0.39, 0.29) is 5.41 Å². The lowest BCUT2D eigenvalue weighted by Gasteiger charge is -2.43. The van der Waals surface area contributed by atoms with Crippen molar-refractivity contribution in [1.29, 1.82) is 0 Å². The Hall–Kier alpha value is -2.13. The molecule has 0 aliphatic carbocycles. The number of piperidine rings is 1. The van der Waals surface area contributed by atoms with Crippen molar-refractivity contribution >= 4 is 5.91 Å². The minimum absolute atomic E-state index is 0.225. The normalized spacial score (nSPS) is 19.2. The van der Waals surface area contributed by atoms with Gasteiger partial charge in [0, 0.05) is 26.1 Å². The highest BCUT2D eigenvalue weighted by Gasteiger charge is 2.39. The van der Waals surface area contributed by atoms with E-state index in [9.17, 15) is 4.79 Å². The summed E-state index contributed by atoms with van der Waals surface area (Å²) in [5, 5.41) is 0. The first-order chi connectivity index (χ1) is 13.7. The van der Waals surface area contributed by atoms with Crippen LogP contribution in [-0.4, -0.2) is 35.3 Å². The van der Waals surface area contributed by atoms with Crippen LogP contribution in [0.4, 0.5) is 0 Å². The number of carbonyl (C=O) groups excluding carboxylic acids is 1. The summed E-state index contributed by atoms with van der Waals surface area (Å²) in [6, 6.07) is 19.5. The standard InChI is InChI=1S/C25H32N2O/c1-2-8-24(28)27-19-23-12-7-6-11-22(23)17-25(20-27)13-15-26(16-14-25)18-21-9-4-3-5-10-21/h3-7,9-12H,2,8,13-20H2,1H3. The first-order valence-electron chi connectivity index (χ1n) is 10.8. The topological polar surface area (TPSA) is 23.6 Å². The van der Waals surface area contributed by atoms with E-state index in [0.29, 0.717) is 12.3 Å². The van der Waals surface area contributed by atoms with Crippen LogP contribution in [-0.2, 0) is 24.3 Å². The lowest BCUT2D eigenvalue weighted by molar-refractivity contribution is -0.134. The van der Waals surface area contributed by atoms with Gasteiger partial charge in [0.1, 0.15) is 0 Å².